The van der Waals surface area contributed by atoms with E-state index >= 15 is 0 Å². The fourth-order valence-corrected chi connectivity index (χ4v) is 4.67. The Morgan fingerprint density at radius 3 is 2.58 bits per heavy atom. The van der Waals surface area contributed by atoms with Crippen molar-refractivity contribution in [1.82, 2.24) is 14.9 Å². The molecule has 0 saturated heterocycles. The van der Waals surface area contributed by atoms with E-state index in [1.807, 2.05) is 93.6 Å². The number of thioether (sulfide) groups is 1. The summed E-state index contributed by atoms with van der Waals surface area (Å²) in [5.41, 5.74) is 1.63. The summed E-state index contributed by atoms with van der Waals surface area (Å²) in [5, 5.41) is 0.631. The SMILES string of the molecule is CSc1ncc2c(n1)N(C)CCN(c1cccc(O[C@@H](CCN(C)C(=O)OC(C)(C)C)c3ccccc3)c1)C2=O. The van der Waals surface area contributed by atoms with Crippen LogP contribution >= 0.6 is 11.8 Å². The van der Waals surface area contributed by atoms with Crippen LogP contribution in [-0.2, 0) is 4.74 Å². The molecule has 0 bridgehead atoms. The number of likely N-dealkylation sites (N-methyl/N-ethyl adjacent to an activating group) is 1. The largest absolute Gasteiger partial charge is 0.486 e. The first-order valence-corrected chi connectivity index (χ1v) is 14.5. The van der Waals surface area contributed by atoms with Crippen molar-refractivity contribution in [3.05, 3.63) is 71.9 Å². The maximum atomic E-state index is 13.6. The first kappa shape index (κ1) is 29.2. The Balaban J connectivity index is 1.54. The predicted octanol–water partition coefficient (Wildman–Crippen LogP) is 5.67. The number of aromatic nitrogens is 2. The zero-order valence-corrected chi connectivity index (χ0v) is 24.8. The van der Waals surface area contributed by atoms with Crippen molar-refractivity contribution in [1.29, 1.82) is 0 Å². The average Bonchev–Trinajstić information content (AvgIpc) is 3.06. The minimum Gasteiger partial charge on any atom is -0.486 e. The average molecular weight is 564 g/mol. The van der Waals surface area contributed by atoms with Gasteiger partial charge in [-0.1, -0.05) is 48.2 Å². The third-order valence-corrected chi connectivity index (χ3v) is 7.00. The van der Waals surface area contributed by atoms with Gasteiger partial charge in [-0.2, -0.15) is 0 Å². The van der Waals surface area contributed by atoms with Crippen molar-refractivity contribution in [3.8, 4) is 5.75 Å². The molecular formula is C30H37N5O4S. The highest BCUT2D eigenvalue weighted by Gasteiger charge is 2.28. The second kappa shape index (κ2) is 12.6. The third-order valence-electron chi connectivity index (χ3n) is 6.44. The summed E-state index contributed by atoms with van der Waals surface area (Å²) >= 11 is 1.44. The van der Waals surface area contributed by atoms with E-state index in [-0.39, 0.29) is 18.1 Å². The van der Waals surface area contributed by atoms with Crippen molar-refractivity contribution < 1.29 is 19.1 Å². The maximum absolute atomic E-state index is 13.6. The van der Waals surface area contributed by atoms with Crippen LogP contribution < -0.4 is 14.5 Å². The van der Waals surface area contributed by atoms with Gasteiger partial charge in [0.2, 0.25) is 0 Å². The Labute approximate surface area is 240 Å². The second-order valence-corrected chi connectivity index (χ2v) is 11.5. The van der Waals surface area contributed by atoms with Gasteiger partial charge in [-0.05, 0) is 44.7 Å². The van der Waals surface area contributed by atoms with Gasteiger partial charge < -0.3 is 24.2 Å². The number of nitrogens with zero attached hydrogens (tertiary/aromatic N) is 5. The number of hydrogen-bond donors (Lipinski definition) is 0. The molecule has 4 rings (SSSR count). The van der Waals surface area contributed by atoms with E-state index in [9.17, 15) is 9.59 Å². The molecule has 0 aliphatic carbocycles. The Bertz CT molecular complexity index is 1330. The minimum absolute atomic E-state index is 0.150. The van der Waals surface area contributed by atoms with Gasteiger partial charge in [0.15, 0.2) is 5.16 Å². The number of anilines is 2. The Hall–Kier alpha value is -3.79. The first-order valence-electron chi connectivity index (χ1n) is 13.3. The van der Waals surface area contributed by atoms with Crippen LogP contribution in [0.4, 0.5) is 16.3 Å². The van der Waals surface area contributed by atoms with E-state index < -0.39 is 5.60 Å². The monoisotopic (exact) mass is 563 g/mol. The summed E-state index contributed by atoms with van der Waals surface area (Å²) in [6.45, 7) is 7.11. The summed E-state index contributed by atoms with van der Waals surface area (Å²) in [6.07, 6.45) is 3.39. The van der Waals surface area contributed by atoms with Crippen LogP contribution in [0.2, 0.25) is 0 Å². The highest BCUT2D eigenvalue weighted by molar-refractivity contribution is 7.98. The van der Waals surface area contributed by atoms with Crippen molar-refractivity contribution in [2.45, 2.75) is 44.1 Å². The Morgan fingerprint density at radius 2 is 1.88 bits per heavy atom. The molecule has 2 amide bonds. The molecule has 0 spiro atoms. The first-order chi connectivity index (χ1) is 19.1. The molecular weight excluding hydrogens is 526 g/mol. The standard InChI is InChI=1S/C30H37N5O4S/c1-30(2,3)39-29(37)34(5)16-15-25(21-11-8-7-9-12-21)38-23-14-10-13-22(19-23)35-18-17-33(4)26-24(27(35)36)20-31-28(32-26)40-6/h7-14,19-20,25H,15-18H2,1-6H3/t25-/m0/s1. The van der Waals surface area contributed by atoms with Crippen LogP contribution in [0.5, 0.6) is 5.75 Å². The number of fused-ring (bicyclic) bond motifs is 1. The van der Waals surface area contributed by atoms with Crippen molar-refractivity contribution in [3.63, 3.8) is 0 Å². The molecule has 1 atom stereocenters. The molecule has 1 aliphatic heterocycles. The van der Waals surface area contributed by atoms with Gasteiger partial charge in [-0.25, -0.2) is 14.8 Å². The molecule has 1 aliphatic rings. The van der Waals surface area contributed by atoms with Gasteiger partial charge >= 0.3 is 6.09 Å². The third kappa shape index (κ3) is 7.24. The Morgan fingerprint density at radius 1 is 1.12 bits per heavy atom. The second-order valence-electron chi connectivity index (χ2n) is 10.7. The molecule has 212 valence electrons. The molecule has 0 radical (unpaired) electrons. The number of amides is 2. The fourth-order valence-electron chi connectivity index (χ4n) is 4.34. The zero-order chi connectivity index (χ0) is 28.9. The van der Waals surface area contributed by atoms with Crippen molar-refractivity contribution in [2.24, 2.45) is 0 Å². The molecule has 0 fully saturated rings. The molecule has 0 N–H and O–H groups in total. The lowest BCUT2D eigenvalue weighted by Crippen LogP contribution is -2.35. The lowest BCUT2D eigenvalue weighted by atomic mass is 10.1. The van der Waals surface area contributed by atoms with E-state index in [1.165, 1.54) is 11.8 Å². The number of carbonyl (C=O) groups is 2. The topological polar surface area (TPSA) is 88.1 Å². The lowest BCUT2D eigenvalue weighted by molar-refractivity contribution is 0.0278. The van der Waals surface area contributed by atoms with E-state index in [4.69, 9.17) is 9.47 Å². The number of rotatable bonds is 8. The van der Waals surface area contributed by atoms with Gasteiger partial charge in [0.25, 0.3) is 5.91 Å². The molecule has 2 aromatic carbocycles. The van der Waals surface area contributed by atoms with Gasteiger partial charge in [0, 0.05) is 58.1 Å². The van der Waals surface area contributed by atoms with Gasteiger partial charge in [-0.15, -0.1) is 0 Å². The molecule has 9 nitrogen and oxygen atoms in total. The van der Waals surface area contributed by atoms with Crippen molar-refractivity contribution >= 4 is 35.3 Å². The molecule has 2 heterocycles. The van der Waals surface area contributed by atoms with Crippen LogP contribution in [0.25, 0.3) is 0 Å². The summed E-state index contributed by atoms with van der Waals surface area (Å²) in [4.78, 5) is 40.3. The van der Waals surface area contributed by atoms with E-state index in [1.54, 1.807) is 23.0 Å². The molecule has 1 aromatic heterocycles. The zero-order valence-electron chi connectivity index (χ0n) is 24.0. The summed E-state index contributed by atoms with van der Waals surface area (Å²) in [5.74, 6) is 1.12. The molecule has 40 heavy (non-hydrogen) atoms. The molecule has 3 aromatic rings. The van der Waals surface area contributed by atoms with E-state index in [0.29, 0.717) is 48.3 Å². The van der Waals surface area contributed by atoms with Crippen LogP contribution in [0, 0.1) is 0 Å². The lowest BCUT2D eigenvalue weighted by Gasteiger charge is -2.27. The molecule has 0 saturated carbocycles. The van der Waals surface area contributed by atoms with Crippen LogP contribution in [-0.4, -0.2) is 72.5 Å². The van der Waals surface area contributed by atoms with Gasteiger partial charge in [0.05, 0.1) is 0 Å². The summed E-state index contributed by atoms with van der Waals surface area (Å²) in [7, 11) is 3.66. The quantitative estimate of drug-likeness (QED) is 0.256. The molecule has 10 heteroatoms. The number of benzene rings is 2. The van der Waals surface area contributed by atoms with Crippen LogP contribution in [0.1, 0.15) is 49.2 Å². The highest BCUT2D eigenvalue weighted by atomic mass is 32.2. The van der Waals surface area contributed by atoms with Crippen LogP contribution in [0.3, 0.4) is 0 Å². The fraction of sp³-hybridized carbons (Fsp3) is 0.400. The molecule has 0 unspecified atom stereocenters. The normalized spacial score (nSPS) is 14.3. The summed E-state index contributed by atoms with van der Waals surface area (Å²) < 4.78 is 12.0. The summed E-state index contributed by atoms with van der Waals surface area (Å²) in [6, 6.07) is 17.5. The minimum atomic E-state index is -0.565. The van der Waals surface area contributed by atoms with Crippen LogP contribution in [0.15, 0.2) is 66.0 Å². The van der Waals surface area contributed by atoms with Crippen molar-refractivity contribution in [2.75, 3.05) is 49.8 Å². The predicted molar refractivity (Wildman–Crippen MR) is 158 cm³/mol. The van der Waals surface area contributed by atoms with Gasteiger partial charge in [-0.3, -0.25) is 4.79 Å². The maximum Gasteiger partial charge on any atom is 0.410 e. The van der Waals surface area contributed by atoms with E-state index in [0.717, 1.165) is 11.3 Å². The van der Waals surface area contributed by atoms with Gasteiger partial charge in [0.1, 0.15) is 28.8 Å². The number of hydrogen-bond acceptors (Lipinski definition) is 8. The number of carbonyl (C=O) groups excluding carboxylic acids is 2. The Kier molecular flexibility index (Phi) is 9.19. The highest BCUT2D eigenvalue weighted by Crippen LogP contribution is 2.31. The van der Waals surface area contributed by atoms with E-state index in [2.05, 4.69) is 9.97 Å². The number of ether oxygens (including phenoxy) is 2. The smallest absolute Gasteiger partial charge is 0.410 e.